The lowest BCUT2D eigenvalue weighted by Gasteiger charge is -2.07. The molecule has 130 valence electrons. The highest BCUT2D eigenvalue weighted by atomic mass is 32.0. The van der Waals surface area contributed by atoms with Crippen LogP contribution in [0, 0.1) is 6.92 Å². The first kappa shape index (κ1) is 16.5. The summed E-state index contributed by atoms with van der Waals surface area (Å²) in [5.41, 5.74) is 1.33. The van der Waals surface area contributed by atoms with Gasteiger partial charge in [0.2, 0.25) is 0 Å². The van der Waals surface area contributed by atoms with Gasteiger partial charge in [0.05, 0.1) is 0 Å². The number of rotatable bonds is 3. The molecule has 0 aliphatic heterocycles. The normalized spacial score (nSPS) is 12.6. The largest absolute Gasteiger partial charge is 0.272 e. The predicted octanol–water partition coefficient (Wildman–Crippen LogP) is 7.81. The molecule has 0 aliphatic carbocycles. The second-order valence-electron chi connectivity index (χ2n) is 6.56. The third-order valence-electron chi connectivity index (χ3n) is 5.14. The van der Waals surface area contributed by atoms with Crippen LogP contribution in [0.15, 0.2) is 78.2 Å². The van der Waals surface area contributed by atoms with Gasteiger partial charge in [-0.15, -0.1) is 0 Å². The molecule has 0 amide bonds. The smallest absolute Gasteiger partial charge is 0.0352 e. The van der Waals surface area contributed by atoms with Gasteiger partial charge in [0.1, 0.15) is 0 Å². The van der Waals surface area contributed by atoms with E-state index in [0.717, 1.165) is 0 Å². The molecule has 1 unspecified atom stereocenters. The Morgan fingerprint density at radius 2 is 1.48 bits per heavy atom. The molecule has 2 nitrogen and oxygen atoms in total. The van der Waals surface area contributed by atoms with E-state index in [4.69, 9.17) is 0 Å². The van der Waals surface area contributed by atoms with Crippen molar-refractivity contribution in [3.05, 3.63) is 84.0 Å². The molecule has 3 aromatic heterocycles. The fourth-order valence-electron chi connectivity index (χ4n) is 3.94. The van der Waals surface area contributed by atoms with Crippen LogP contribution in [0.1, 0.15) is 10.9 Å². The summed E-state index contributed by atoms with van der Waals surface area (Å²) in [6.07, 6.45) is 7.95. The number of pyridine rings is 1. The Labute approximate surface area is 159 Å². The molecule has 0 aliphatic rings. The summed E-state index contributed by atoms with van der Waals surface area (Å²) in [4.78, 5) is 8.38. The Hall–Kier alpha value is -2.66. The number of aliphatic imine (C=N–C) groups is 1. The van der Waals surface area contributed by atoms with E-state index in [1.54, 1.807) is 0 Å². The third-order valence-corrected chi connectivity index (χ3v) is 12.8. The van der Waals surface area contributed by atoms with Gasteiger partial charge in [-0.3, -0.25) is 9.98 Å². The van der Waals surface area contributed by atoms with Crippen LogP contribution < -0.4 is 0 Å². The van der Waals surface area contributed by atoms with Crippen molar-refractivity contribution in [2.75, 3.05) is 0 Å². The minimum Gasteiger partial charge on any atom is -0.272 e. The van der Waals surface area contributed by atoms with E-state index >= 15 is 0 Å². The molecule has 27 heavy (non-hydrogen) atoms. The molecule has 0 fully saturated rings. The number of hydrogen-bond donors (Lipinski definition) is 0. The van der Waals surface area contributed by atoms with Gasteiger partial charge in [0, 0.05) is 44.6 Å². The summed E-state index contributed by atoms with van der Waals surface area (Å²) in [7, 11) is -1.00. The molecular weight excluding hydrogens is 366 g/mol. The molecule has 5 aromatic rings. The molecule has 2 aromatic carbocycles. The van der Waals surface area contributed by atoms with Crippen molar-refractivity contribution in [3.8, 4) is 0 Å². The number of aromatic nitrogens is 1. The molecule has 0 radical (unpaired) electrons. The van der Waals surface area contributed by atoms with Crippen LogP contribution in [0.25, 0.3) is 37.6 Å². The summed E-state index contributed by atoms with van der Waals surface area (Å²) in [6, 6.07) is 20.1. The summed E-state index contributed by atoms with van der Waals surface area (Å²) >= 11 is 0. The van der Waals surface area contributed by atoms with Crippen LogP contribution in [-0.4, -0.2) is 11.7 Å². The van der Waals surface area contributed by atoms with E-state index in [9.17, 15) is 0 Å². The molecule has 0 spiro atoms. The van der Waals surface area contributed by atoms with Crippen LogP contribution in [-0.2, 0) is 0 Å². The topological polar surface area (TPSA) is 25.2 Å². The van der Waals surface area contributed by atoms with Gasteiger partial charge in [-0.2, -0.15) is 0 Å². The van der Waals surface area contributed by atoms with Crippen molar-refractivity contribution >= 4 is 58.8 Å². The van der Waals surface area contributed by atoms with Gasteiger partial charge in [-0.25, -0.2) is 0 Å². The fraction of sp³-hybridized carbons (Fsp3) is 0.0435. The Bertz CT molecular complexity index is 1300. The standard InChI is InChI=1S/C23H18N2P2/c1-16-19-15-25-14-12-23(19)26(20(16)11-13-24-2)27-21-9-5-3-7-17(21)18-8-4-6-10-22(18)27/h3-15H,2H2,1H3/b13-11-. The minimum absolute atomic E-state index is 0.481. The molecule has 0 saturated carbocycles. The summed E-state index contributed by atoms with van der Waals surface area (Å²) < 4.78 is 0. The molecule has 3 heterocycles. The highest BCUT2D eigenvalue weighted by Crippen LogP contribution is 2.71. The Morgan fingerprint density at radius 1 is 0.852 bits per heavy atom. The Morgan fingerprint density at radius 3 is 2.15 bits per heavy atom. The zero-order chi connectivity index (χ0) is 18.4. The minimum atomic E-state index is -0.520. The number of benzene rings is 2. The molecular formula is C23H18N2P2. The van der Waals surface area contributed by atoms with Crippen LogP contribution in [0.5, 0.6) is 0 Å². The lowest BCUT2D eigenvalue weighted by molar-refractivity contribution is 1.36. The average molecular weight is 384 g/mol. The van der Waals surface area contributed by atoms with Crippen molar-refractivity contribution in [3.63, 3.8) is 0 Å². The van der Waals surface area contributed by atoms with Crippen molar-refractivity contribution in [2.24, 2.45) is 4.99 Å². The van der Waals surface area contributed by atoms with E-state index in [0.29, 0.717) is 0 Å². The van der Waals surface area contributed by atoms with Gasteiger partial charge < -0.3 is 0 Å². The van der Waals surface area contributed by atoms with Crippen LogP contribution >= 0.6 is 14.4 Å². The first-order valence-corrected chi connectivity index (χ1v) is 12.3. The van der Waals surface area contributed by atoms with Gasteiger partial charge >= 0.3 is 0 Å². The van der Waals surface area contributed by atoms with Gasteiger partial charge in [-0.05, 0) is 54.3 Å². The molecule has 0 N–H and O–H groups in total. The zero-order valence-corrected chi connectivity index (χ0v) is 16.8. The summed E-state index contributed by atoms with van der Waals surface area (Å²) in [6.45, 7) is 5.85. The number of nitrogens with zero attached hydrogens (tertiary/aromatic N) is 2. The maximum atomic E-state index is 4.39. The zero-order valence-electron chi connectivity index (χ0n) is 15.0. The van der Waals surface area contributed by atoms with Crippen molar-refractivity contribution in [1.82, 2.24) is 4.98 Å². The molecule has 0 saturated heterocycles. The Kier molecular flexibility index (Phi) is 3.97. The average Bonchev–Trinajstić information content (AvgIpc) is 3.19. The van der Waals surface area contributed by atoms with Gasteiger partial charge in [0.15, 0.2) is 0 Å². The highest BCUT2D eigenvalue weighted by Gasteiger charge is 2.20. The van der Waals surface area contributed by atoms with E-state index in [-0.39, 0.29) is 0 Å². The molecule has 0 bridgehead atoms. The van der Waals surface area contributed by atoms with E-state index < -0.39 is 14.4 Å². The lowest BCUT2D eigenvalue weighted by atomic mass is 10.2. The SMILES string of the molecule is C=N/C=C\c1c(C)c2cnccc2p1-p1c2ccccc2c2ccccc21. The van der Waals surface area contributed by atoms with Crippen LogP contribution in [0.3, 0.4) is 0 Å². The summed E-state index contributed by atoms with van der Waals surface area (Å²) in [5.74, 6) is 0. The van der Waals surface area contributed by atoms with Gasteiger partial charge in [0.25, 0.3) is 0 Å². The van der Waals surface area contributed by atoms with E-state index in [2.05, 4.69) is 84.3 Å². The number of aryl methyl sites for hydroxylation is 1. The van der Waals surface area contributed by atoms with Crippen LogP contribution in [0.2, 0.25) is 0 Å². The molecule has 1 atom stereocenters. The maximum Gasteiger partial charge on any atom is 0.0352 e. The van der Waals surface area contributed by atoms with Gasteiger partial charge in [-0.1, -0.05) is 50.8 Å². The first-order valence-electron chi connectivity index (χ1n) is 8.87. The first-order chi connectivity index (χ1) is 13.3. The second-order valence-corrected chi connectivity index (χ2v) is 12.1. The summed E-state index contributed by atoms with van der Waals surface area (Å²) in [5, 5.41) is 9.91. The van der Waals surface area contributed by atoms with E-state index in [1.807, 2.05) is 18.6 Å². The third kappa shape index (κ3) is 2.42. The van der Waals surface area contributed by atoms with Crippen molar-refractivity contribution in [1.29, 1.82) is 0 Å². The van der Waals surface area contributed by atoms with Crippen LogP contribution in [0.4, 0.5) is 0 Å². The second kappa shape index (κ2) is 6.50. The monoisotopic (exact) mass is 384 g/mol. The highest BCUT2D eigenvalue weighted by molar-refractivity contribution is 8.28. The predicted molar refractivity (Wildman–Crippen MR) is 123 cm³/mol. The lowest BCUT2D eigenvalue weighted by Crippen LogP contribution is -1.72. The molecule has 4 heteroatoms. The van der Waals surface area contributed by atoms with E-state index in [1.165, 1.54) is 42.4 Å². The van der Waals surface area contributed by atoms with Crippen molar-refractivity contribution < 1.29 is 0 Å². The maximum absolute atomic E-state index is 4.39. The number of fused-ring (bicyclic) bond motifs is 4. The Balaban J connectivity index is 2.03. The van der Waals surface area contributed by atoms with Crippen molar-refractivity contribution in [2.45, 2.75) is 6.92 Å². The molecule has 5 rings (SSSR count). The number of hydrogen-bond acceptors (Lipinski definition) is 2. The fourth-order valence-corrected chi connectivity index (χ4v) is 12.7. The quantitative estimate of drug-likeness (QED) is 0.291.